The molecule has 1 amide bonds. The van der Waals surface area contributed by atoms with Gasteiger partial charge in [0.15, 0.2) is 5.65 Å². The molecule has 2 aliphatic heterocycles. The van der Waals surface area contributed by atoms with Crippen LogP contribution in [0.1, 0.15) is 41.3 Å². The number of nitrogens with one attached hydrogen (secondary N) is 1. The van der Waals surface area contributed by atoms with Gasteiger partial charge in [0.05, 0.1) is 17.5 Å². The van der Waals surface area contributed by atoms with Crippen LogP contribution in [0, 0.1) is 12.8 Å². The van der Waals surface area contributed by atoms with Crippen molar-refractivity contribution in [2.24, 2.45) is 5.92 Å². The molecule has 13 heteroatoms. The first-order valence-corrected chi connectivity index (χ1v) is 18.5. The minimum absolute atomic E-state index is 0.0364. The van der Waals surface area contributed by atoms with Crippen molar-refractivity contribution in [2.45, 2.75) is 50.8 Å². The number of thiazole rings is 1. The first-order chi connectivity index (χ1) is 25.2. The second-order valence-corrected chi connectivity index (χ2v) is 15.1. The summed E-state index contributed by atoms with van der Waals surface area (Å²) < 4.78 is 3.11. The predicted molar refractivity (Wildman–Crippen MR) is 199 cm³/mol. The van der Waals surface area contributed by atoms with Crippen LogP contribution in [-0.4, -0.2) is 81.7 Å². The van der Waals surface area contributed by atoms with E-state index >= 15 is 0 Å². The van der Waals surface area contributed by atoms with Gasteiger partial charge in [0.1, 0.15) is 17.2 Å². The fourth-order valence-corrected chi connectivity index (χ4v) is 8.56. The molecule has 2 N–H and O–H groups in total. The summed E-state index contributed by atoms with van der Waals surface area (Å²) >= 11 is 1.68. The number of carbonyl (C=O) groups is 1. The summed E-state index contributed by atoms with van der Waals surface area (Å²) in [6.45, 7) is 5.22. The molecular weight excluding hydrogens is 677 g/mol. The van der Waals surface area contributed by atoms with Gasteiger partial charge < -0.3 is 15.0 Å². The van der Waals surface area contributed by atoms with Crippen LogP contribution in [0.4, 0.5) is 0 Å². The lowest BCUT2D eigenvalue weighted by Gasteiger charge is -2.43. The number of piperidine rings is 2. The number of nitrogens with zero attached hydrogens (tertiary/aromatic N) is 7. The third kappa shape index (κ3) is 6.86. The Balaban J connectivity index is 0.930. The van der Waals surface area contributed by atoms with Crippen molar-refractivity contribution in [2.75, 3.05) is 26.2 Å². The first kappa shape index (κ1) is 33.9. The molecule has 0 bridgehead atoms. The van der Waals surface area contributed by atoms with Crippen LogP contribution in [0.3, 0.4) is 0 Å². The van der Waals surface area contributed by atoms with E-state index in [1.165, 1.54) is 21.8 Å². The zero-order chi connectivity index (χ0) is 35.8. The average molecular weight is 717 g/mol. The van der Waals surface area contributed by atoms with Crippen molar-refractivity contribution >= 4 is 28.3 Å². The average Bonchev–Trinajstić information content (AvgIpc) is 3.82. The molecule has 6 aromatic rings. The Hall–Kier alpha value is -5.24. The molecule has 5 aromatic heterocycles. The van der Waals surface area contributed by atoms with Crippen LogP contribution < -0.4 is 11.1 Å². The molecule has 0 spiro atoms. The molecule has 2 saturated heterocycles. The molecule has 12 nitrogen and oxygen atoms in total. The summed E-state index contributed by atoms with van der Waals surface area (Å²) in [5.41, 5.74) is 1.89. The molecule has 1 aromatic carbocycles. The van der Waals surface area contributed by atoms with Crippen molar-refractivity contribution in [3.8, 4) is 16.4 Å². The Morgan fingerprint density at radius 1 is 0.962 bits per heavy atom. The standard InChI is InChI=1S/C39H40N8O4S/c1-26-10-11-28(20-40-26)36-41-21-29(52-36)22-44-16-12-30(32(23-44)27-6-3-2-4-7-27)37(49)45-18-14-39(51,15-19-45)24-46-25-42-35-31(38(46)50)13-17-47(35)33-8-5-9-34(48)43-33/h2-11,13,17,20-21,25,30,32,51H,12,14-16,18-19,22-24H2,1H3,(H,43,48)/t30-,32+/m1/s1. The number of carbonyl (C=O) groups excluding carboxylic acids is 1. The van der Waals surface area contributed by atoms with Crippen LogP contribution in [0.5, 0.6) is 0 Å². The maximum Gasteiger partial charge on any atom is 0.262 e. The van der Waals surface area contributed by atoms with E-state index in [2.05, 4.69) is 43.0 Å². The van der Waals surface area contributed by atoms with E-state index in [0.29, 0.717) is 42.8 Å². The fourth-order valence-electron chi connectivity index (χ4n) is 7.62. The Bertz CT molecular complexity index is 2320. The van der Waals surface area contributed by atoms with Gasteiger partial charge in [0.2, 0.25) is 11.5 Å². The topological polar surface area (TPSA) is 142 Å². The Morgan fingerprint density at radius 3 is 2.56 bits per heavy atom. The highest BCUT2D eigenvalue weighted by Crippen LogP contribution is 2.37. The smallest absolute Gasteiger partial charge is 0.262 e. The van der Waals surface area contributed by atoms with E-state index < -0.39 is 5.60 Å². The number of fused-ring (bicyclic) bond motifs is 1. The van der Waals surface area contributed by atoms with Crippen LogP contribution in [0.2, 0.25) is 0 Å². The number of aliphatic hydroxyl groups is 1. The van der Waals surface area contributed by atoms with E-state index in [-0.39, 0.29) is 35.4 Å². The molecule has 0 unspecified atom stereocenters. The number of benzene rings is 1. The summed E-state index contributed by atoms with van der Waals surface area (Å²) in [6, 6.07) is 20.8. The van der Waals surface area contributed by atoms with Crippen molar-refractivity contribution in [1.82, 2.24) is 38.9 Å². The molecule has 7 heterocycles. The summed E-state index contributed by atoms with van der Waals surface area (Å²) in [5.74, 6) is 0.504. The van der Waals surface area contributed by atoms with E-state index in [4.69, 9.17) is 0 Å². The Morgan fingerprint density at radius 2 is 1.79 bits per heavy atom. The molecule has 2 aliphatic rings. The van der Waals surface area contributed by atoms with Gasteiger partial charge in [-0.1, -0.05) is 36.4 Å². The van der Waals surface area contributed by atoms with Gasteiger partial charge in [-0.25, -0.2) is 9.97 Å². The zero-order valence-corrected chi connectivity index (χ0v) is 29.7. The largest absolute Gasteiger partial charge is 0.388 e. The van der Waals surface area contributed by atoms with Crippen LogP contribution in [0.25, 0.3) is 27.4 Å². The van der Waals surface area contributed by atoms with E-state index in [0.717, 1.165) is 47.9 Å². The van der Waals surface area contributed by atoms with Crippen LogP contribution in [-0.2, 0) is 17.9 Å². The SMILES string of the molecule is Cc1ccc(-c2ncc(CN3CC[C@@H](C(=O)N4CCC(O)(Cn5cnc6c(ccn6-c6cccc(=O)[nH]6)c5=O)CC4)[C@H](c4ccccc4)C3)s2)cn1. The van der Waals surface area contributed by atoms with E-state index in [1.807, 2.05) is 48.5 Å². The molecule has 0 aliphatic carbocycles. The fraction of sp³-hybridized carbons (Fsp3) is 0.333. The summed E-state index contributed by atoms with van der Waals surface area (Å²) in [7, 11) is 0. The number of aromatic amines is 1. The van der Waals surface area contributed by atoms with Crippen molar-refractivity contribution in [3.05, 3.63) is 128 Å². The number of aryl methyl sites for hydroxylation is 1. The van der Waals surface area contributed by atoms with Gasteiger partial charge in [-0.2, -0.15) is 0 Å². The molecule has 0 saturated carbocycles. The van der Waals surface area contributed by atoms with Gasteiger partial charge in [0.25, 0.3) is 5.56 Å². The molecule has 2 atom stereocenters. The quantitative estimate of drug-likeness (QED) is 0.237. The predicted octanol–water partition coefficient (Wildman–Crippen LogP) is 4.36. The number of rotatable bonds is 8. The highest BCUT2D eigenvalue weighted by Gasteiger charge is 2.41. The highest BCUT2D eigenvalue weighted by molar-refractivity contribution is 7.15. The molecule has 0 radical (unpaired) electrons. The van der Waals surface area contributed by atoms with Gasteiger partial charge >= 0.3 is 0 Å². The number of H-pyrrole nitrogens is 1. The normalized spacial score (nSPS) is 19.2. The Labute approximate surface area is 304 Å². The van der Waals surface area contributed by atoms with Gasteiger partial charge in [-0.3, -0.25) is 33.4 Å². The van der Waals surface area contributed by atoms with Crippen LogP contribution >= 0.6 is 11.3 Å². The molecule has 2 fully saturated rings. The molecule has 266 valence electrons. The van der Waals surface area contributed by atoms with Crippen LogP contribution in [0.15, 0.2) is 101 Å². The monoisotopic (exact) mass is 716 g/mol. The zero-order valence-electron chi connectivity index (χ0n) is 28.9. The van der Waals surface area contributed by atoms with Gasteiger partial charge in [0, 0.05) is 78.8 Å². The van der Waals surface area contributed by atoms with E-state index in [1.54, 1.807) is 40.3 Å². The lowest BCUT2D eigenvalue weighted by Crippen LogP contribution is -2.53. The van der Waals surface area contributed by atoms with E-state index in [9.17, 15) is 19.5 Å². The third-order valence-electron chi connectivity index (χ3n) is 10.5. The number of hydrogen-bond acceptors (Lipinski definition) is 9. The van der Waals surface area contributed by atoms with Crippen molar-refractivity contribution in [3.63, 3.8) is 0 Å². The summed E-state index contributed by atoms with van der Waals surface area (Å²) in [4.78, 5) is 61.4. The minimum Gasteiger partial charge on any atom is -0.388 e. The van der Waals surface area contributed by atoms with Gasteiger partial charge in [-0.05, 0) is 62.6 Å². The molecule has 8 rings (SSSR count). The highest BCUT2D eigenvalue weighted by atomic mass is 32.1. The number of likely N-dealkylation sites (tertiary alicyclic amines) is 2. The lowest BCUT2D eigenvalue weighted by molar-refractivity contribution is -0.142. The Kier molecular flexibility index (Phi) is 9.16. The number of amides is 1. The summed E-state index contributed by atoms with van der Waals surface area (Å²) in [5, 5.41) is 13.0. The van der Waals surface area contributed by atoms with Crippen molar-refractivity contribution < 1.29 is 9.90 Å². The first-order valence-electron chi connectivity index (χ1n) is 17.7. The number of pyridine rings is 2. The van der Waals surface area contributed by atoms with Crippen molar-refractivity contribution in [1.29, 1.82) is 0 Å². The maximum atomic E-state index is 14.2. The third-order valence-corrected chi connectivity index (χ3v) is 11.5. The second-order valence-electron chi connectivity index (χ2n) is 14.0. The lowest BCUT2D eigenvalue weighted by atomic mass is 9.79. The molecular formula is C39H40N8O4S. The maximum absolute atomic E-state index is 14.2. The summed E-state index contributed by atoms with van der Waals surface area (Å²) in [6.07, 6.45) is 8.42. The minimum atomic E-state index is -1.16. The van der Waals surface area contributed by atoms with Gasteiger partial charge in [-0.15, -0.1) is 11.3 Å². The number of aromatic nitrogens is 6. The molecule has 52 heavy (non-hydrogen) atoms. The second kappa shape index (κ2) is 14.1. The number of hydrogen-bond donors (Lipinski definition) is 2.